The van der Waals surface area contributed by atoms with Gasteiger partial charge in [0.2, 0.25) is 0 Å². The number of anilines is 2. The predicted octanol–water partition coefficient (Wildman–Crippen LogP) is 7.29. The van der Waals surface area contributed by atoms with E-state index in [4.69, 9.17) is 0 Å². The molecule has 12 heteroatoms. The Balaban J connectivity index is 0.000000204. The Kier molecular flexibility index (Phi) is 11.5. The number of ketones is 2. The molecule has 4 aromatic rings. The number of benzene rings is 2. The van der Waals surface area contributed by atoms with Gasteiger partial charge >= 0.3 is 0 Å². The van der Waals surface area contributed by atoms with E-state index < -0.39 is 0 Å². The van der Waals surface area contributed by atoms with Crippen molar-refractivity contribution in [2.24, 2.45) is 0 Å². The Morgan fingerprint density at radius 3 is 1.42 bits per heavy atom. The van der Waals surface area contributed by atoms with Gasteiger partial charge in [0.15, 0.2) is 11.6 Å². The van der Waals surface area contributed by atoms with Crippen molar-refractivity contribution in [2.45, 2.75) is 87.7 Å². The highest BCUT2D eigenvalue weighted by molar-refractivity contribution is 6.10. The number of rotatable bonds is 11. The molecule has 2 aliphatic heterocycles. The van der Waals surface area contributed by atoms with E-state index >= 15 is 0 Å². The minimum Gasteiger partial charge on any atom is -0.352 e. The number of fused-ring (bicyclic) bond motifs is 2. The summed E-state index contributed by atoms with van der Waals surface area (Å²) in [6.07, 6.45) is 1.67. The molecule has 2 aliphatic rings. The lowest BCUT2D eigenvalue weighted by Crippen LogP contribution is -2.24. The fourth-order valence-corrected chi connectivity index (χ4v) is 6.74. The van der Waals surface area contributed by atoms with Gasteiger partial charge in [-0.15, -0.1) is 0 Å². The lowest BCUT2D eigenvalue weighted by Gasteiger charge is -2.13. The third-order valence-corrected chi connectivity index (χ3v) is 9.99. The number of carbonyl (C=O) groups excluding carboxylic acids is 6. The predicted molar refractivity (Wildman–Crippen MR) is 204 cm³/mol. The molecule has 4 heterocycles. The minimum absolute atomic E-state index is 0.0285. The normalized spacial score (nSPS) is 13.1. The first-order valence-corrected chi connectivity index (χ1v) is 18.2. The first kappa shape index (κ1) is 38.5. The number of aromatic amines is 2. The summed E-state index contributed by atoms with van der Waals surface area (Å²) < 4.78 is 0. The third-order valence-electron chi connectivity index (χ3n) is 9.99. The van der Waals surface area contributed by atoms with E-state index in [9.17, 15) is 28.8 Å². The molecule has 0 aliphatic carbocycles. The second kappa shape index (κ2) is 15.9. The Morgan fingerprint density at radius 1 is 0.642 bits per heavy atom. The van der Waals surface area contributed by atoms with Crippen molar-refractivity contribution in [3.8, 4) is 0 Å². The van der Waals surface area contributed by atoms with Crippen molar-refractivity contribution >= 4 is 46.6 Å². The molecule has 53 heavy (non-hydrogen) atoms. The molecule has 2 aromatic heterocycles. The molecule has 2 aromatic carbocycles. The second-order valence-corrected chi connectivity index (χ2v) is 13.5. The van der Waals surface area contributed by atoms with Crippen LogP contribution in [0.5, 0.6) is 0 Å². The highest BCUT2D eigenvalue weighted by Gasteiger charge is 2.34. The van der Waals surface area contributed by atoms with E-state index in [0.717, 1.165) is 28.9 Å². The maximum absolute atomic E-state index is 12.8. The van der Waals surface area contributed by atoms with Crippen molar-refractivity contribution in [1.29, 1.82) is 0 Å². The highest BCUT2D eigenvalue weighted by Crippen LogP contribution is 2.30. The van der Waals surface area contributed by atoms with Gasteiger partial charge in [-0.3, -0.25) is 28.8 Å². The summed E-state index contributed by atoms with van der Waals surface area (Å²) in [5, 5.41) is 5.75. The minimum atomic E-state index is -0.308. The molecule has 0 bridgehead atoms. The van der Waals surface area contributed by atoms with Crippen LogP contribution in [0.3, 0.4) is 0 Å². The van der Waals surface area contributed by atoms with Gasteiger partial charge in [-0.2, -0.15) is 0 Å². The standard InChI is InChI=1S/C21H25N3O3.C20H23N3O3/c1-5-7-17(25)14-9-8-12(3)15(10-14)23-20(26)19-13(4)18-16(22-19)11-24(6-2)21(18)27;1-5-16(24)13-8-7-11(3)14(9-13)22-19(25)18-12(4)17-15(21-18)10-23(6-2)20(17)26/h8-10,22H,5-7,11H2,1-4H3,(H,23,26);7-9,21H,5-6,10H2,1-4H3,(H,22,25). The summed E-state index contributed by atoms with van der Waals surface area (Å²) in [6.45, 7) is 17.2. The Labute approximate surface area is 309 Å². The molecular weight excluding hydrogens is 672 g/mol. The van der Waals surface area contributed by atoms with E-state index in [1.807, 2.05) is 46.8 Å². The van der Waals surface area contributed by atoms with Gasteiger partial charge < -0.3 is 30.4 Å². The molecule has 0 atom stereocenters. The summed E-state index contributed by atoms with van der Waals surface area (Å²) in [5.74, 6) is -0.599. The molecule has 0 saturated heterocycles. The fraction of sp³-hybridized carbons (Fsp3) is 0.366. The van der Waals surface area contributed by atoms with Crippen LogP contribution >= 0.6 is 0 Å². The van der Waals surface area contributed by atoms with Crippen molar-refractivity contribution in [2.75, 3.05) is 23.7 Å². The van der Waals surface area contributed by atoms with Crippen molar-refractivity contribution in [1.82, 2.24) is 19.8 Å². The van der Waals surface area contributed by atoms with Crippen LogP contribution in [0.2, 0.25) is 0 Å². The lowest BCUT2D eigenvalue weighted by molar-refractivity contribution is 0.0777. The molecule has 6 rings (SSSR count). The van der Waals surface area contributed by atoms with Crippen LogP contribution in [0.25, 0.3) is 0 Å². The van der Waals surface area contributed by atoms with Crippen LogP contribution in [0.4, 0.5) is 11.4 Å². The molecule has 4 N–H and O–H groups in total. The summed E-state index contributed by atoms with van der Waals surface area (Å²) >= 11 is 0. The van der Waals surface area contributed by atoms with Gasteiger partial charge in [0.1, 0.15) is 11.4 Å². The average molecular weight is 721 g/mol. The summed E-state index contributed by atoms with van der Waals surface area (Å²) in [7, 11) is 0. The number of nitrogens with zero attached hydrogens (tertiary/aromatic N) is 2. The van der Waals surface area contributed by atoms with E-state index in [-0.39, 0.29) is 35.2 Å². The van der Waals surface area contributed by atoms with Crippen molar-refractivity contribution in [3.63, 3.8) is 0 Å². The van der Waals surface area contributed by atoms with Crippen LogP contribution < -0.4 is 10.6 Å². The van der Waals surface area contributed by atoms with Crippen LogP contribution in [0.1, 0.15) is 143 Å². The quantitative estimate of drug-likeness (QED) is 0.119. The van der Waals surface area contributed by atoms with Crippen LogP contribution in [-0.2, 0) is 13.1 Å². The van der Waals surface area contributed by atoms with E-state index in [2.05, 4.69) is 20.6 Å². The Hall–Kier alpha value is -5.78. The number of amides is 4. The molecule has 0 fully saturated rings. The van der Waals surface area contributed by atoms with E-state index in [1.165, 1.54) is 0 Å². The number of Topliss-reactive ketones (excluding diaryl/α,β-unsaturated/α-hetero) is 2. The maximum atomic E-state index is 12.8. The first-order valence-electron chi connectivity index (χ1n) is 18.2. The zero-order valence-corrected chi connectivity index (χ0v) is 31.8. The van der Waals surface area contributed by atoms with Gasteiger partial charge in [-0.25, -0.2) is 0 Å². The monoisotopic (exact) mass is 720 g/mol. The van der Waals surface area contributed by atoms with Gasteiger partial charge in [-0.1, -0.05) is 38.1 Å². The van der Waals surface area contributed by atoms with Crippen LogP contribution in [-0.4, -0.2) is 68.1 Å². The largest absolute Gasteiger partial charge is 0.352 e. The van der Waals surface area contributed by atoms with E-state index in [1.54, 1.807) is 54.8 Å². The molecule has 0 spiro atoms. The maximum Gasteiger partial charge on any atom is 0.272 e. The zero-order chi connectivity index (χ0) is 38.7. The SMILES string of the molecule is CCC(=O)c1ccc(C)c(NC(=O)c2[nH]c3c(c2C)C(=O)N(CC)C3)c1.CCCC(=O)c1ccc(C)c(NC(=O)c2[nH]c3c(c2C)C(=O)N(CC)C3)c1. The molecular formula is C41H48N6O6. The third kappa shape index (κ3) is 7.58. The highest BCUT2D eigenvalue weighted by atomic mass is 16.2. The molecule has 0 saturated carbocycles. The smallest absolute Gasteiger partial charge is 0.272 e. The van der Waals surface area contributed by atoms with Crippen LogP contribution in [0, 0.1) is 27.7 Å². The zero-order valence-electron chi connectivity index (χ0n) is 31.8. The number of H-pyrrole nitrogens is 2. The molecule has 4 amide bonds. The van der Waals surface area contributed by atoms with Crippen LogP contribution in [0.15, 0.2) is 36.4 Å². The average Bonchev–Trinajstić information content (AvgIpc) is 3.85. The molecule has 278 valence electrons. The number of hydrogen-bond acceptors (Lipinski definition) is 6. The van der Waals surface area contributed by atoms with Crippen molar-refractivity contribution < 1.29 is 28.8 Å². The van der Waals surface area contributed by atoms with Gasteiger partial charge in [0.05, 0.1) is 24.2 Å². The first-order chi connectivity index (χ1) is 25.2. The van der Waals surface area contributed by atoms with Crippen molar-refractivity contribution in [3.05, 3.63) is 104 Å². The molecule has 0 radical (unpaired) electrons. The van der Waals surface area contributed by atoms with Gasteiger partial charge in [-0.05, 0) is 82.3 Å². The Morgan fingerprint density at radius 2 is 1.06 bits per heavy atom. The number of aromatic nitrogens is 2. The fourth-order valence-electron chi connectivity index (χ4n) is 6.74. The van der Waals surface area contributed by atoms with Gasteiger partial charge in [0, 0.05) is 59.8 Å². The van der Waals surface area contributed by atoms with E-state index in [0.29, 0.717) is 95.2 Å². The topological polar surface area (TPSA) is 165 Å². The summed E-state index contributed by atoms with van der Waals surface area (Å²) in [5.41, 5.74) is 9.02. The summed E-state index contributed by atoms with van der Waals surface area (Å²) in [6, 6.07) is 10.6. The molecule has 0 unspecified atom stereocenters. The number of carbonyl (C=O) groups is 6. The molecule has 12 nitrogen and oxygen atoms in total. The number of nitrogens with one attached hydrogen (secondary N) is 4. The summed E-state index contributed by atoms with van der Waals surface area (Å²) in [4.78, 5) is 84.1. The number of hydrogen-bond donors (Lipinski definition) is 4. The Bertz CT molecular complexity index is 2140. The van der Waals surface area contributed by atoms with Gasteiger partial charge in [0.25, 0.3) is 23.6 Å². The second-order valence-electron chi connectivity index (χ2n) is 13.5. The lowest BCUT2D eigenvalue weighted by atomic mass is 10.0. The number of aryl methyl sites for hydroxylation is 2.